The van der Waals surface area contributed by atoms with Crippen molar-refractivity contribution in [1.29, 1.82) is 0 Å². The number of nitrogens with one attached hydrogen (secondary N) is 1. The highest BCUT2D eigenvalue weighted by atomic mass is 32.2. The number of rotatable bonds is 4. The van der Waals surface area contributed by atoms with E-state index in [0.717, 1.165) is 25.9 Å². The molecule has 2 aliphatic rings. The van der Waals surface area contributed by atoms with Gasteiger partial charge in [-0.15, -0.1) is 4.72 Å². The molecular formula is C11H18N2OS. The van der Waals surface area contributed by atoms with Gasteiger partial charge in [0.1, 0.15) is 5.75 Å². The monoisotopic (exact) mass is 226 g/mol. The van der Waals surface area contributed by atoms with Crippen molar-refractivity contribution in [3.05, 3.63) is 23.8 Å². The molecule has 1 aliphatic carbocycles. The third-order valence-corrected chi connectivity index (χ3v) is 3.92. The quantitative estimate of drug-likeness (QED) is 0.722. The first-order chi connectivity index (χ1) is 7.24. The summed E-state index contributed by atoms with van der Waals surface area (Å²) in [6, 6.07) is 0.420. The predicted octanol–water partition coefficient (Wildman–Crippen LogP) is 0.830. The first-order valence-corrected chi connectivity index (χ1v) is 6.74. The van der Waals surface area contributed by atoms with E-state index in [-0.39, 0.29) is 0 Å². The van der Waals surface area contributed by atoms with Gasteiger partial charge in [-0.05, 0) is 25.5 Å². The van der Waals surface area contributed by atoms with Gasteiger partial charge in [0.05, 0.1) is 6.04 Å². The van der Waals surface area contributed by atoms with Crippen LogP contribution in [0.15, 0.2) is 23.8 Å². The Bertz CT molecular complexity index is 272. The summed E-state index contributed by atoms with van der Waals surface area (Å²) in [5.41, 5.74) is 1.21. The highest BCUT2D eigenvalue weighted by Crippen LogP contribution is 2.12. The third-order valence-electron chi connectivity index (χ3n) is 2.73. The van der Waals surface area contributed by atoms with Crippen molar-refractivity contribution in [1.82, 2.24) is 9.62 Å². The average Bonchev–Trinajstić information content (AvgIpc) is 2.17. The highest BCUT2D eigenvalue weighted by molar-refractivity contribution is 7.89. The smallest absolute Gasteiger partial charge is 0.150 e. The Balaban J connectivity index is 1.70. The summed E-state index contributed by atoms with van der Waals surface area (Å²) in [6.07, 6.45) is 8.65. The molecule has 1 N–H and O–H groups in total. The minimum atomic E-state index is -0.907. The maximum atomic E-state index is 11.7. The summed E-state index contributed by atoms with van der Waals surface area (Å²) in [4.78, 5) is 2.22. The molecule has 1 saturated heterocycles. The van der Waals surface area contributed by atoms with E-state index in [1.807, 2.05) is 0 Å². The summed E-state index contributed by atoms with van der Waals surface area (Å²) in [5, 5.41) is 0. The van der Waals surface area contributed by atoms with Gasteiger partial charge in [0.15, 0.2) is 0 Å². The van der Waals surface area contributed by atoms with Crippen molar-refractivity contribution in [2.45, 2.75) is 18.9 Å². The Labute approximate surface area is 94.5 Å². The maximum Gasteiger partial charge on any atom is 0.150 e. The zero-order valence-corrected chi connectivity index (χ0v) is 9.93. The van der Waals surface area contributed by atoms with Gasteiger partial charge in [0.25, 0.3) is 0 Å². The van der Waals surface area contributed by atoms with E-state index < -0.39 is 11.4 Å². The lowest BCUT2D eigenvalue weighted by molar-refractivity contribution is 0.180. The predicted molar refractivity (Wildman–Crippen MR) is 63.9 cm³/mol. The Morgan fingerprint density at radius 1 is 1.53 bits per heavy atom. The van der Waals surface area contributed by atoms with Gasteiger partial charge in [-0.3, -0.25) is 0 Å². The Morgan fingerprint density at radius 2 is 2.33 bits per heavy atom. The van der Waals surface area contributed by atoms with E-state index in [1.165, 1.54) is 5.57 Å². The zero-order chi connectivity index (χ0) is 10.7. The molecular weight excluding hydrogens is 208 g/mol. The fraction of sp³-hybridized carbons (Fsp3) is 0.636. The SMILES string of the molecule is CN1CC(N[S+]([O-])CC2=CCCC=C2)C1. The molecule has 0 bridgehead atoms. The van der Waals surface area contributed by atoms with Crippen LogP contribution >= 0.6 is 0 Å². The van der Waals surface area contributed by atoms with Gasteiger partial charge in [-0.25, -0.2) is 0 Å². The number of allylic oxidation sites excluding steroid dienone is 3. The van der Waals surface area contributed by atoms with Crippen LogP contribution in [0.5, 0.6) is 0 Å². The van der Waals surface area contributed by atoms with Crippen molar-refractivity contribution < 1.29 is 4.55 Å². The second kappa shape index (κ2) is 5.16. The van der Waals surface area contributed by atoms with Crippen LogP contribution in [0, 0.1) is 0 Å². The lowest BCUT2D eigenvalue weighted by Crippen LogP contribution is -2.57. The molecule has 0 aromatic rings. The maximum absolute atomic E-state index is 11.7. The van der Waals surface area contributed by atoms with Crippen LogP contribution in [0.3, 0.4) is 0 Å². The topological polar surface area (TPSA) is 38.3 Å². The van der Waals surface area contributed by atoms with Crippen LogP contribution in [0.4, 0.5) is 0 Å². The van der Waals surface area contributed by atoms with Gasteiger partial charge in [0, 0.05) is 24.5 Å². The van der Waals surface area contributed by atoms with Crippen LogP contribution in [-0.4, -0.2) is 41.4 Å². The van der Waals surface area contributed by atoms with Crippen LogP contribution in [0.25, 0.3) is 0 Å². The third kappa shape index (κ3) is 3.34. The molecule has 84 valence electrons. The molecule has 1 aliphatic heterocycles. The standard InChI is InChI=1S/C11H18N2OS/c1-13-7-11(8-13)12-15(14)9-10-5-3-2-4-6-10/h3,5-6,11-12H,2,4,7-9H2,1H3. The van der Waals surface area contributed by atoms with E-state index in [1.54, 1.807) is 0 Å². The molecule has 1 fully saturated rings. The molecule has 3 nitrogen and oxygen atoms in total. The molecule has 2 rings (SSSR count). The van der Waals surface area contributed by atoms with Gasteiger partial charge in [0.2, 0.25) is 0 Å². The van der Waals surface area contributed by atoms with E-state index in [2.05, 4.69) is 34.9 Å². The molecule has 0 aromatic carbocycles. The fourth-order valence-electron chi connectivity index (χ4n) is 1.93. The number of likely N-dealkylation sites (N-methyl/N-ethyl adjacent to an activating group) is 1. The lowest BCUT2D eigenvalue weighted by atomic mass is 10.1. The van der Waals surface area contributed by atoms with Gasteiger partial charge in [-0.1, -0.05) is 18.2 Å². The van der Waals surface area contributed by atoms with E-state index >= 15 is 0 Å². The summed E-state index contributed by atoms with van der Waals surface area (Å²) in [7, 11) is 2.08. The molecule has 15 heavy (non-hydrogen) atoms. The molecule has 1 unspecified atom stereocenters. The van der Waals surface area contributed by atoms with Gasteiger partial charge < -0.3 is 9.45 Å². The van der Waals surface area contributed by atoms with Crippen molar-refractivity contribution >= 4 is 11.4 Å². The molecule has 1 atom stereocenters. The molecule has 0 amide bonds. The Kier molecular flexibility index (Phi) is 3.86. The first kappa shape index (κ1) is 11.2. The van der Waals surface area contributed by atoms with Gasteiger partial charge in [-0.2, -0.15) is 0 Å². The Morgan fingerprint density at radius 3 is 2.93 bits per heavy atom. The lowest BCUT2D eigenvalue weighted by Gasteiger charge is -2.36. The number of hydrogen-bond donors (Lipinski definition) is 1. The minimum Gasteiger partial charge on any atom is -0.598 e. The number of likely N-dealkylation sites (tertiary alicyclic amines) is 1. The molecule has 0 aromatic heterocycles. The van der Waals surface area contributed by atoms with Crippen LogP contribution in [0.2, 0.25) is 0 Å². The average molecular weight is 226 g/mol. The first-order valence-electron chi connectivity index (χ1n) is 5.43. The van der Waals surface area contributed by atoms with Gasteiger partial charge >= 0.3 is 0 Å². The van der Waals surface area contributed by atoms with Crippen molar-refractivity contribution in [2.24, 2.45) is 0 Å². The fourth-order valence-corrected chi connectivity index (χ4v) is 3.05. The minimum absolute atomic E-state index is 0.420. The Hall–Kier alpha value is -0.290. The largest absolute Gasteiger partial charge is 0.598 e. The van der Waals surface area contributed by atoms with Crippen molar-refractivity contribution in [3.8, 4) is 0 Å². The molecule has 0 saturated carbocycles. The molecule has 1 heterocycles. The van der Waals surface area contributed by atoms with Crippen molar-refractivity contribution in [2.75, 3.05) is 25.9 Å². The molecule has 4 heteroatoms. The summed E-state index contributed by atoms with van der Waals surface area (Å²) in [6.45, 7) is 2.03. The summed E-state index contributed by atoms with van der Waals surface area (Å²) >= 11 is -0.907. The van der Waals surface area contributed by atoms with Crippen LogP contribution in [-0.2, 0) is 11.4 Å². The normalized spacial score (nSPS) is 24.8. The number of nitrogens with zero attached hydrogens (tertiary/aromatic N) is 1. The van der Waals surface area contributed by atoms with Crippen LogP contribution < -0.4 is 4.72 Å². The van der Waals surface area contributed by atoms with Crippen LogP contribution in [0.1, 0.15) is 12.8 Å². The summed E-state index contributed by atoms with van der Waals surface area (Å²) in [5.74, 6) is 0.650. The van der Waals surface area contributed by atoms with Crippen molar-refractivity contribution in [3.63, 3.8) is 0 Å². The number of hydrogen-bond acceptors (Lipinski definition) is 3. The van der Waals surface area contributed by atoms with E-state index in [0.29, 0.717) is 11.8 Å². The second-order valence-electron chi connectivity index (χ2n) is 4.28. The van der Waals surface area contributed by atoms with E-state index in [4.69, 9.17) is 0 Å². The highest BCUT2D eigenvalue weighted by Gasteiger charge is 2.27. The van der Waals surface area contributed by atoms with E-state index in [9.17, 15) is 4.55 Å². The molecule has 0 spiro atoms. The zero-order valence-electron chi connectivity index (χ0n) is 9.11. The second-order valence-corrected chi connectivity index (χ2v) is 5.50. The summed E-state index contributed by atoms with van der Waals surface area (Å²) < 4.78 is 14.9. The molecule has 0 radical (unpaired) electrons.